The van der Waals surface area contributed by atoms with E-state index in [1.54, 1.807) is 6.92 Å². The summed E-state index contributed by atoms with van der Waals surface area (Å²) in [6.45, 7) is 1.57. The highest BCUT2D eigenvalue weighted by Crippen LogP contribution is 2.30. The zero-order chi connectivity index (χ0) is 6.78. The van der Waals surface area contributed by atoms with E-state index in [0.717, 1.165) is 0 Å². The molecule has 1 atom stereocenters. The van der Waals surface area contributed by atoms with Crippen LogP contribution >= 0.6 is 34.8 Å². The summed E-state index contributed by atoms with van der Waals surface area (Å²) in [7, 11) is 0. The van der Waals surface area contributed by atoms with Crippen LogP contribution in [0.15, 0.2) is 0 Å². The molecule has 0 aliphatic heterocycles. The third kappa shape index (κ3) is 12.1. The number of hydrogen-bond acceptors (Lipinski definition) is 1. The fourth-order valence-electron chi connectivity index (χ4n) is 0.335. The van der Waals surface area contributed by atoms with E-state index >= 15 is 0 Å². The van der Waals surface area contributed by atoms with Crippen LogP contribution < -0.4 is 0 Å². The molecule has 0 aromatic heterocycles. The summed E-state index contributed by atoms with van der Waals surface area (Å²) in [5.41, 5.74) is 0. The summed E-state index contributed by atoms with van der Waals surface area (Å²) in [5.74, 6) is 0. The van der Waals surface area contributed by atoms with Crippen molar-refractivity contribution >= 4 is 34.8 Å². The van der Waals surface area contributed by atoms with Gasteiger partial charge >= 0.3 is 0 Å². The molecule has 0 radical (unpaired) electrons. The summed E-state index contributed by atoms with van der Waals surface area (Å²) in [6, 6.07) is 0. The highest BCUT2D eigenvalue weighted by Gasteiger charge is 2.21. The molecule has 1 unspecified atom stereocenters. The Kier molecular flexibility index (Phi) is 6.35. The predicted octanol–water partition coefficient (Wildman–Crippen LogP) is 1.30. The molecule has 9 heavy (non-hydrogen) atoms. The van der Waals surface area contributed by atoms with Crippen molar-refractivity contribution in [1.82, 2.24) is 0 Å². The zero-order valence-electron chi connectivity index (χ0n) is 4.87. The van der Waals surface area contributed by atoms with Gasteiger partial charge in [-0.3, -0.25) is 0 Å². The standard InChI is InChI=1S/C4H7Cl3O.H2O/c1-3(8)2-4(5,6)7;/h3,8H,2H2,1H3;1H2. The minimum absolute atomic E-state index is 0. The Morgan fingerprint density at radius 2 is 1.78 bits per heavy atom. The highest BCUT2D eigenvalue weighted by molar-refractivity contribution is 6.67. The first kappa shape index (κ1) is 12.5. The topological polar surface area (TPSA) is 51.7 Å². The number of halogens is 3. The minimum atomic E-state index is -1.31. The van der Waals surface area contributed by atoms with Crippen LogP contribution in [0.25, 0.3) is 0 Å². The van der Waals surface area contributed by atoms with Gasteiger partial charge in [0, 0.05) is 6.42 Å². The molecule has 0 aliphatic rings. The van der Waals surface area contributed by atoms with Gasteiger partial charge in [0.25, 0.3) is 0 Å². The Bertz CT molecular complexity index is 68.7. The van der Waals surface area contributed by atoms with Gasteiger partial charge in [-0.15, -0.1) is 0 Å². The lowest BCUT2D eigenvalue weighted by atomic mass is 10.3. The molecule has 0 aromatic rings. The molecule has 0 amide bonds. The molecule has 2 nitrogen and oxygen atoms in total. The molecule has 0 aromatic carbocycles. The number of alkyl halides is 3. The Balaban J connectivity index is 0. The molecule has 58 valence electrons. The monoisotopic (exact) mass is 194 g/mol. The Labute approximate surface area is 69.0 Å². The van der Waals surface area contributed by atoms with Gasteiger partial charge in [0.1, 0.15) is 0 Å². The van der Waals surface area contributed by atoms with Crippen LogP contribution in [0.2, 0.25) is 0 Å². The SMILES string of the molecule is CC(O)CC(Cl)(Cl)Cl.O. The average Bonchev–Trinajstić information content (AvgIpc) is 1.21. The molecule has 0 bridgehead atoms. The van der Waals surface area contributed by atoms with E-state index in [1.165, 1.54) is 0 Å². The second kappa shape index (κ2) is 4.58. The molecule has 0 saturated carbocycles. The summed E-state index contributed by atoms with van der Waals surface area (Å²) in [4.78, 5) is 0. The molecular weight excluding hydrogens is 186 g/mol. The van der Waals surface area contributed by atoms with Crippen LogP contribution in [-0.4, -0.2) is 20.5 Å². The normalized spacial score (nSPS) is 14.3. The van der Waals surface area contributed by atoms with Crippen molar-refractivity contribution in [2.75, 3.05) is 0 Å². The Morgan fingerprint density at radius 1 is 1.44 bits per heavy atom. The van der Waals surface area contributed by atoms with Crippen molar-refractivity contribution in [3.63, 3.8) is 0 Å². The third-order valence-corrected chi connectivity index (χ3v) is 0.990. The molecule has 0 heterocycles. The van der Waals surface area contributed by atoms with Crippen LogP contribution in [0, 0.1) is 0 Å². The van der Waals surface area contributed by atoms with Crippen molar-refractivity contribution in [2.24, 2.45) is 0 Å². The average molecular weight is 195 g/mol. The van der Waals surface area contributed by atoms with Crippen molar-refractivity contribution in [3.8, 4) is 0 Å². The van der Waals surface area contributed by atoms with Crippen LogP contribution in [0.3, 0.4) is 0 Å². The lowest BCUT2D eigenvalue weighted by molar-refractivity contribution is 0.186. The first-order valence-corrected chi connectivity index (χ1v) is 3.30. The van der Waals surface area contributed by atoms with E-state index in [-0.39, 0.29) is 11.9 Å². The molecule has 0 fully saturated rings. The molecule has 0 aliphatic carbocycles. The molecule has 5 heteroatoms. The van der Waals surface area contributed by atoms with Crippen LogP contribution in [0.5, 0.6) is 0 Å². The summed E-state index contributed by atoms with van der Waals surface area (Å²) < 4.78 is -1.31. The zero-order valence-corrected chi connectivity index (χ0v) is 7.13. The van der Waals surface area contributed by atoms with Crippen molar-refractivity contribution in [1.29, 1.82) is 0 Å². The van der Waals surface area contributed by atoms with Crippen molar-refractivity contribution in [3.05, 3.63) is 0 Å². The summed E-state index contributed by atoms with van der Waals surface area (Å²) in [5, 5.41) is 8.63. The maximum absolute atomic E-state index is 8.63. The van der Waals surface area contributed by atoms with Gasteiger partial charge < -0.3 is 10.6 Å². The fourth-order valence-corrected chi connectivity index (χ4v) is 1.00. The predicted molar refractivity (Wildman–Crippen MR) is 40.2 cm³/mol. The van der Waals surface area contributed by atoms with Gasteiger partial charge in [-0.2, -0.15) is 0 Å². The Hall–Kier alpha value is 0.790. The van der Waals surface area contributed by atoms with Gasteiger partial charge in [-0.1, -0.05) is 34.8 Å². The first-order chi connectivity index (χ1) is 3.42. The second-order valence-electron chi connectivity index (χ2n) is 1.67. The van der Waals surface area contributed by atoms with Crippen molar-refractivity contribution < 1.29 is 10.6 Å². The molecule has 0 spiro atoms. The maximum Gasteiger partial charge on any atom is 0.193 e. The first-order valence-electron chi connectivity index (χ1n) is 2.16. The lowest BCUT2D eigenvalue weighted by Crippen LogP contribution is -2.12. The quantitative estimate of drug-likeness (QED) is 0.630. The van der Waals surface area contributed by atoms with Crippen LogP contribution in [-0.2, 0) is 0 Å². The number of aliphatic hydroxyl groups is 1. The van der Waals surface area contributed by atoms with E-state index in [1.807, 2.05) is 0 Å². The highest BCUT2D eigenvalue weighted by atomic mass is 35.6. The fraction of sp³-hybridized carbons (Fsp3) is 1.00. The van der Waals surface area contributed by atoms with E-state index < -0.39 is 9.90 Å². The number of hydrogen-bond donors (Lipinski definition) is 1. The van der Waals surface area contributed by atoms with E-state index in [2.05, 4.69) is 0 Å². The van der Waals surface area contributed by atoms with Crippen molar-refractivity contribution in [2.45, 2.75) is 23.2 Å². The van der Waals surface area contributed by atoms with Gasteiger partial charge in [0.05, 0.1) is 6.10 Å². The van der Waals surface area contributed by atoms with Crippen LogP contribution in [0.1, 0.15) is 13.3 Å². The number of rotatable bonds is 1. The molecular formula is C4H9Cl3O2. The lowest BCUT2D eigenvalue weighted by Gasteiger charge is -2.11. The molecule has 0 rings (SSSR count). The summed E-state index contributed by atoms with van der Waals surface area (Å²) in [6.07, 6.45) is -0.375. The Morgan fingerprint density at radius 3 is 1.78 bits per heavy atom. The van der Waals surface area contributed by atoms with Crippen LogP contribution in [0.4, 0.5) is 0 Å². The largest absolute Gasteiger partial charge is 0.412 e. The molecule has 0 saturated heterocycles. The van der Waals surface area contributed by atoms with E-state index in [0.29, 0.717) is 0 Å². The summed E-state index contributed by atoms with van der Waals surface area (Å²) >= 11 is 15.9. The van der Waals surface area contributed by atoms with Gasteiger partial charge in [0.15, 0.2) is 3.79 Å². The minimum Gasteiger partial charge on any atom is -0.412 e. The van der Waals surface area contributed by atoms with E-state index in [4.69, 9.17) is 39.9 Å². The molecule has 3 N–H and O–H groups in total. The second-order valence-corrected chi connectivity index (χ2v) is 4.18. The number of aliphatic hydroxyl groups excluding tert-OH is 1. The third-order valence-electron chi connectivity index (χ3n) is 0.527. The van der Waals surface area contributed by atoms with Gasteiger partial charge in [0.2, 0.25) is 0 Å². The van der Waals surface area contributed by atoms with Gasteiger partial charge in [-0.05, 0) is 6.92 Å². The maximum atomic E-state index is 8.63. The smallest absolute Gasteiger partial charge is 0.193 e. The van der Waals surface area contributed by atoms with E-state index in [9.17, 15) is 0 Å². The van der Waals surface area contributed by atoms with Gasteiger partial charge in [-0.25, -0.2) is 0 Å².